The molecule has 0 bridgehead atoms. The first-order chi connectivity index (χ1) is 11.0. The van der Waals surface area contributed by atoms with Crippen LogP contribution in [0.2, 0.25) is 0 Å². The van der Waals surface area contributed by atoms with Crippen LogP contribution in [0.3, 0.4) is 0 Å². The summed E-state index contributed by atoms with van der Waals surface area (Å²) in [6, 6.07) is 13.1. The number of rotatable bonds is 6. The maximum atomic E-state index is 13.1. The second-order valence-corrected chi connectivity index (χ2v) is 5.58. The van der Waals surface area contributed by atoms with E-state index in [4.69, 9.17) is 10.5 Å². The van der Waals surface area contributed by atoms with Gasteiger partial charge in [0.05, 0.1) is 5.92 Å². The van der Waals surface area contributed by atoms with Gasteiger partial charge in [-0.2, -0.15) is 0 Å². The number of anilines is 1. The summed E-state index contributed by atoms with van der Waals surface area (Å²) in [5.74, 6) is -0.119. The summed E-state index contributed by atoms with van der Waals surface area (Å²) < 4.78 is 18.8. The molecule has 2 aromatic rings. The second kappa shape index (κ2) is 7.74. The lowest BCUT2D eigenvalue weighted by Gasteiger charge is -2.16. The van der Waals surface area contributed by atoms with E-state index in [0.717, 1.165) is 5.56 Å². The van der Waals surface area contributed by atoms with E-state index in [1.165, 1.54) is 12.1 Å². The summed E-state index contributed by atoms with van der Waals surface area (Å²) in [4.78, 5) is 12.0. The molecule has 5 heteroatoms. The van der Waals surface area contributed by atoms with Crippen molar-refractivity contribution in [2.45, 2.75) is 26.5 Å². The maximum Gasteiger partial charge on any atom is 0.228 e. The standard InChI is InChI=1S/C18H21FN2O2/c1-12(13(2)20)18(22)21-16-7-4-8-17(10-16)23-11-14-5-3-6-15(19)9-14/h3-10,12-13H,11,20H2,1-2H3,(H,21,22). The first-order valence-electron chi connectivity index (χ1n) is 7.49. The van der Waals surface area contributed by atoms with Gasteiger partial charge in [0.2, 0.25) is 5.91 Å². The zero-order chi connectivity index (χ0) is 16.8. The van der Waals surface area contributed by atoms with Crippen LogP contribution in [0.1, 0.15) is 19.4 Å². The van der Waals surface area contributed by atoms with Crippen molar-refractivity contribution in [3.05, 3.63) is 59.9 Å². The van der Waals surface area contributed by atoms with E-state index in [1.54, 1.807) is 50.2 Å². The molecule has 2 unspecified atom stereocenters. The van der Waals surface area contributed by atoms with Gasteiger partial charge in [0.15, 0.2) is 0 Å². The molecule has 2 atom stereocenters. The molecule has 2 aromatic carbocycles. The largest absolute Gasteiger partial charge is 0.489 e. The molecule has 122 valence electrons. The predicted octanol–water partition coefficient (Wildman–Crippen LogP) is 3.33. The Bertz CT molecular complexity index is 674. The highest BCUT2D eigenvalue weighted by atomic mass is 19.1. The van der Waals surface area contributed by atoms with E-state index in [0.29, 0.717) is 11.4 Å². The van der Waals surface area contributed by atoms with E-state index in [2.05, 4.69) is 5.32 Å². The number of benzene rings is 2. The summed E-state index contributed by atoms with van der Waals surface area (Å²) in [7, 11) is 0. The quantitative estimate of drug-likeness (QED) is 0.859. The lowest BCUT2D eigenvalue weighted by molar-refractivity contribution is -0.119. The molecule has 23 heavy (non-hydrogen) atoms. The van der Waals surface area contributed by atoms with Gasteiger partial charge >= 0.3 is 0 Å². The molecule has 0 saturated carbocycles. The average Bonchev–Trinajstić information content (AvgIpc) is 2.52. The highest BCUT2D eigenvalue weighted by Crippen LogP contribution is 2.19. The first kappa shape index (κ1) is 17.0. The average molecular weight is 316 g/mol. The molecular weight excluding hydrogens is 295 g/mol. The molecule has 0 spiro atoms. The van der Waals surface area contributed by atoms with Gasteiger partial charge in [0, 0.05) is 17.8 Å². The van der Waals surface area contributed by atoms with Crippen LogP contribution >= 0.6 is 0 Å². The van der Waals surface area contributed by atoms with Crippen LogP contribution < -0.4 is 15.8 Å². The number of carbonyl (C=O) groups excluding carboxylic acids is 1. The normalized spacial score (nSPS) is 13.2. The fourth-order valence-corrected chi connectivity index (χ4v) is 1.95. The third-order valence-electron chi connectivity index (χ3n) is 3.60. The summed E-state index contributed by atoms with van der Waals surface area (Å²) in [5.41, 5.74) is 7.11. The van der Waals surface area contributed by atoms with Crippen molar-refractivity contribution in [3.8, 4) is 5.75 Å². The van der Waals surface area contributed by atoms with Crippen molar-refractivity contribution < 1.29 is 13.9 Å². The van der Waals surface area contributed by atoms with Gasteiger partial charge in [-0.15, -0.1) is 0 Å². The Morgan fingerprint density at radius 2 is 1.96 bits per heavy atom. The molecule has 4 nitrogen and oxygen atoms in total. The van der Waals surface area contributed by atoms with Crippen LogP contribution in [0.5, 0.6) is 5.75 Å². The zero-order valence-corrected chi connectivity index (χ0v) is 13.3. The molecule has 0 aliphatic carbocycles. The van der Waals surface area contributed by atoms with Crippen LogP contribution in [0.25, 0.3) is 0 Å². The number of hydrogen-bond acceptors (Lipinski definition) is 3. The van der Waals surface area contributed by atoms with Crippen molar-refractivity contribution in [1.82, 2.24) is 0 Å². The van der Waals surface area contributed by atoms with Gasteiger partial charge in [-0.1, -0.05) is 25.1 Å². The minimum Gasteiger partial charge on any atom is -0.489 e. The predicted molar refractivity (Wildman–Crippen MR) is 88.6 cm³/mol. The van der Waals surface area contributed by atoms with Gasteiger partial charge in [0.25, 0.3) is 0 Å². The van der Waals surface area contributed by atoms with Crippen LogP contribution in [0.15, 0.2) is 48.5 Å². The zero-order valence-electron chi connectivity index (χ0n) is 13.3. The summed E-state index contributed by atoms with van der Waals surface area (Å²) in [6.07, 6.45) is 0. The first-order valence-corrected chi connectivity index (χ1v) is 7.49. The number of hydrogen-bond donors (Lipinski definition) is 2. The summed E-state index contributed by atoms with van der Waals surface area (Å²) in [6.45, 7) is 3.83. The number of nitrogens with one attached hydrogen (secondary N) is 1. The maximum absolute atomic E-state index is 13.1. The Balaban J connectivity index is 1.98. The highest BCUT2D eigenvalue weighted by Gasteiger charge is 2.17. The van der Waals surface area contributed by atoms with Crippen LogP contribution in [0.4, 0.5) is 10.1 Å². The van der Waals surface area contributed by atoms with Gasteiger partial charge in [-0.25, -0.2) is 4.39 Å². The number of amides is 1. The Kier molecular flexibility index (Phi) is 5.71. The lowest BCUT2D eigenvalue weighted by atomic mass is 10.0. The smallest absolute Gasteiger partial charge is 0.228 e. The second-order valence-electron chi connectivity index (χ2n) is 5.58. The fraction of sp³-hybridized carbons (Fsp3) is 0.278. The molecule has 1 amide bonds. The number of carbonyl (C=O) groups is 1. The van der Waals surface area contributed by atoms with Crippen LogP contribution in [0, 0.1) is 11.7 Å². The van der Waals surface area contributed by atoms with E-state index in [1.807, 2.05) is 0 Å². The summed E-state index contributed by atoms with van der Waals surface area (Å²) >= 11 is 0. The minimum atomic E-state index is -0.294. The number of halogens is 1. The molecular formula is C18H21FN2O2. The minimum absolute atomic E-state index is 0.137. The summed E-state index contributed by atoms with van der Waals surface area (Å²) in [5, 5.41) is 2.81. The fourth-order valence-electron chi connectivity index (χ4n) is 1.95. The van der Waals surface area contributed by atoms with Crippen molar-refractivity contribution in [2.24, 2.45) is 11.7 Å². The van der Waals surface area contributed by atoms with Crippen LogP contribution in [-0.4, -0.2) is 11.9 Å². The Labute approximate surface area is 135 Å². The molecule has 0 saturated heterocycles. The van der Waals surface area contributed by atoms with E-state index in [9.17, 15) is 9.18 Å². The molecule has 2 rings (SSSR count). The number of nitrogens with two attached hydrogens (primary N) is 1. The molecule has 3 N–H and O–H groups in total. The van der Waals surface area contributed by atoms with Gasteiger partial charge in [-0.05, 0) is 36.8 Å². The van der Waals surface area contributed by atoms with Crippen molar-refractivity contribution in [2.75, 3.05) is 5.32 Å². The van der Waals surface area contributed by atoms with E-state index < -0.39 is 0 Å². The Morgan fingerprint density at radius 3 is 2.65 bits per heavy atom. The highest BCUT2D eigenvalue weighted by molar-refractivity contribution is 5.92. The van der Waals surface area contributed by atoms with Crippen LogP contribution in [-0.2, 0) is 11.4 Å². The molecule has 0 aliphatic rings. The third-order valence-corrected chi connectivity index (χ3v) is 3.60. The van der Waals surface area contributed by atoms with Gasteiger partial charge in [-0.3, -0.25) is 4.79 Å². The lowest BCUT2D eigenvalue weighted by Crippen LogP contribution is -2.34. The molecule has 0 heterocycles. The van der Waals surface area contributed by atoms with Gasteiger partial charge in [0.1, 0.15) is 18.2 Å². The molecule has 0 aliphatic heterocycles. The van der Waals surface area contributed by atoms with Crippen molar-refractivity contribution in [3.63, 3.8) is 0 Å². The topological polar surface area (TPSA) is 64.4 Å². The van der Waals surface area contributed by atoms with E-state index >= 15 is 0 Å². The monoisotopic (exact) mass is 316 g/mol. The van der Waals surface area contributed by atoms with Crippen molar-refractivity contribution >= 4 is 11.6 Å². The SMILES string of the molecule is CC(N)C(C)C(=O)Nc1cccc(OCc2cccc(F)c2)c1. The third kappa shape index (κ3) is 5.07. The van der Waals surface area contributed by atoms with E-state index in [-0.39, 0.29) is 30.3 Å². The molecule has 0 fully saturated rings. The number of ether oxygens (including phenoxy) is 1. The molecule has 0 radical (unpaired) electrons. The Morgan fingerprint density at radius 1 is 1.22 bits per heavy atom. The molecule has 0 aromatic heterocycles. The van der Waals surface area contributed by atoms with Gasteiger partial charge < -0.3 is 15.8 Å². The Hall–Kier alpha value is -2.40. The van der Waals surface area contributed by atoms with Crippen molar-refractivity contribution in [1.29, 1.82) is 0 Å².